The van der Waals surface area contributed by atoms with Gasteiger partial charge in [-0.05, 0) is 12.1 Å². The number of pyridine rings is 1. The number of anilines is 2. The van der Waals surface area contributed by atoms with Gasteiger partial charge in [-0.1, -0.05) is 17.7 Å². The lowest BCUT2D eigenvalue weighted by Gasteiger charge is -2.06. The first-order valence-electron chi connectivity index (χ1n) is 4.67. The highest BCUT2D eigenvalue weighted by Gasteiger charge is 2.03. The Morgan fingerprint density at radius 1 is 1.31 bits per heavy atom. The maximum Gasteiger partial charge on any atom is 0.222 e. The minimum atomic E-state index is 0.188. The monoisotopic (exact) mass is 235 g/mol. The van der Waals surface area contributed by atoms with Crippen molar-refractivity contribution in [1.82, 2.24) is 15.0 Å². The molecule has 0 aliphatic carbocycles. The number of halogens is 1. The van der Waals surface area contributed by atoms with Gasteiger partial charge in [-0.3, -0.25) is 4.98 Å². The molecule has 6 heteroatoms. The number of hydrogen-bond donors (Lipinski definition) is 2. The molecule has 3 N–H and O–H groups in total. The Morgan fingerprint density at radius 2 is 2.19 bits per heavy atom. The van der Waals surface area contributed by atoms with Crippen LogP contribution in [-0.2, 0) is 6.54 Å². The van der Waals surface area contributed by atoms with Crippen LogP contribution in [0.3, 0.4) is 0 Å². The van der Waals surface area contributed by atoms with Crippen molar-refractivity contribution in [2.45, 2.75) is 6.54 Å². The SMILES string of the molecule is Nc1ncc(Cl)c(NCc2ccccn2)n1. The predicted octanol–water partition coefficient (Wildman–Crippen LogP) is 1.72. The summed E-state index contributed by atoms with van der Waals surface area (Å²) < 4.78 is 0. The molecule has 0 aromatic carbocycles. The van der Waals surface area contributed by atoms with Gasteiger partial charge in [-0.25, -0.2) is 4.98 Å². The van der Waals surface area contributed by atoms with Crippen molar-refractivity contribution in [1.29, 1.82) is 0 Å². The van der Waals surface area contributed by atoms with Crippen molar-refractivity contribution in [2.75, 3.05) is 11.1 Å². The zero-order valence-corrected chi connectivity index (χ0v) is 9.15. The van der Waals surface area contributed by atoms with Gasteiger partial charge in [0.05, 0.1) is 18.4 Å². The summed E-state index contributed by atoms with van der Waals surface area (Å²) in [6.45, 7) is 0.539. The lowest BCUT2D eigenvalue weighted by molar-refractivity contribution is 1.02. The normalized spacial score (nSPS) is 10.1. The Labute approximate surface area is 97.7 Å². The van der Waals surface area contributed by atoms with E-state index in [1.165, 1.54) is 6.20 Å². The van der Waals surface area contributed by atoms with Crippen molar-refractivity contribution in [3.63, 3.8) is 0 Å². The van der Waals surface area contributed by atoms with Gasteiger partial charge in [0.15, 0.2) is 5.82 Å². The Hall–Kier alpha value is -1.88. The summed E-state index contributed by atoms with van der Waals surface area (Å²) in [5, 5.41) is 3.48. The van der Waals surface area contributed by atoms with Gasteiger partial charge in [0, 0.05) is 6.20 Å². The van der Waals surface area contributed by atoms with E-state index in [9.17, 15) is 0 Å². The Bertz CT molecular complexity index is 474. The molecule has 2 rings (SSSR count). The highest BCUT2D eigenvalue weighted by atomic mass is 35.5. The fraction of sp³-hybridized carbons (Fsp3) is 0.100. The van der Waals surface area contributed by atoms with E-state index in [2.05, 4.69) is 20.3 Å². The van der Waals surface area contributed by atoms with E-state index in [4.69, 9.17) is 17.3 Å². The molecular formula is C10H10ClN5. The van der Waals surface area contributed by atoms with Crippen LogP contribution in [-0.4, -0.2) is 15.0 Å². The predicted molar refractivity (Wildman–Crippen MR) is 63.0 cm³/mol. The van der Waals surface area contributed by atoms with Crippen molar-refractivity contribution >= 4 is 23.4 Å². The molecule has 0 atom stereocenters. The third-order valence-corrected chi connectivity index (χ3v) is 2.20. The van der Waals surface area contributed by atoms with E-state index in [-0.39, 0.29) is 5.95 Å². The molecule has 0 saturated heterocycles. The number of nitrogens with zero attached hydrogens (tertiary/aromatic N) is 3. The molecule has 5 nitrogen and oxygen atoms in total. The van der Waals surface area contributed by atoms with Gasteiger partial charge in [0.1, 0.15) is 5.02 Å². The summed E-state index contributed by atoms with van der Waals surface area (Å²) in [6, 6.07) is 5.69. The van der Waals surface area contributed by atoms with Crippen LogP contribution in [0.1, 0.15) is 5.69 Å². The number of nitrogen functional groups attached to an aromatic ring is 1. The quantitative estimate of drug-likeness (QED) is 0.847. The van der Waals surface area contributed by atoms with Crippen LogP contribution in [0.5, 0.6) is 0 Å². The van der Waals surface area contributed by atoms with E-state index >= 15 is 0 Å². The van der Waals surface area contributed by atoms with E-state index in [1.807, 2.05) is 18.2 Å². The Kier molecular flexibility index (Phi) is 3.16. The number of hydrogen-bond acceptors (Lipinski definition) is 5. The van der Waals surface area contributed by atoms with Gasteiger partial charge >= 0.3 is 0 Å². The standard InChI is InChI=1S/C10H10ClN5/c11-8-6-15-10(12)16-9(8)14-5-7-3-1-2-4-13-7/h1-4,6H,5H2,(H3,12,14,15,16). The van der Waals surface area contributed by atoms with E-state index < -0.39 is 0 Å². The minimum absolute atomic E-state index is 0.188. The molecule has 16 heavy (non-hydrogen) atoms. The zero-order valence-electron chi connectivity index (χ0n) is 8.39. The second-order valence-corrected chi connectivity index (χ2v) is 3.51. The van der Waals surface area contributed by atoms with Gasteiger partial charge in [-0.15, -0.1) is 0 Å². The molecule has 0 unspecified atom stereocenters. The fourth-order valence-corrected chi connectivity index (χ4v) is 1.34. The molecule has 0 aliphatic heterocycles. The first kappa shape index (κ1) is 10.6. The van der Waals surface area contributed by atoms with Crippen LogP contribution in [0.15, 0.2) is 30.6 Å². The van der Waals surface area contributed by atoms with E-state index in [0.717, 1.165) is 5.69 Å². The van der Waals surface area contributed by atoms with Gasteiger partial charge in [0.25, 0.3) is 0 Å². The van der Waals surface area contributed by atoms with Crippen LogP contribution in [0.25, 0.3) is 0 Å². The van der Waals surface area contributed by atoms with E-state index in [0.29, 0.717) is 17.4 Å². The molecular weight excluding hydrogens is 226 g/mol. The molecule has 2 aromatic heterocycles. The highest BCUT2D eigenvalue weighted by Crippen LogP contribution is 2.18. The van der Waals surface area contributed by atoms with Gasteiger partial charge in [0.2, 0.25) is 5.95 Å². The molecule has 0 fully saturated rings. The highest BCUT2D eigenvalue weighted by molar-refractivity contribution is 6.32. The largest absolute Gasteiger partial charge is 0.368 e. The maximum atomic E-state index is 5.90. The molecule has 0 spiro atoms. The van der Waals surface area contributed by atoms with Crippen molar-refractivity contribution in [3.05, 3.63) is 41.3 Å². The van der Waals surface area contributed by atoms with Crippen LogP contribution in [0.2, 0.25) is 5.02 Å². The minimum Gasteiger partial charge on any atom is -0.368 e. The molecule has 0 aliphatic rings. The zero-order chi connectivity index (χ0) is 11.4. The summed E-state index contributed by atoms with van der Waals surface area (Å²) >= 11 is 5.90. The molecule has 0 saturated carbocycles. The molecule has 2 heterocycles. The first-order chi connectivity index (χ1) is 7.75. The molecule has 2 aromatic rings. The summed E-state index contributed by atoms with van der Waals surface area (Å²) in [4.78, 5) is 11.9. The van der Waals surface area contributed by atoms with Crippen LogP contribution >= 0.6 is 11.6 Å². The second-order valence-electron chi connectivity index (χ2n) is 3.10. The Balaban J connectivity index is 2.08. The molecule has 0 amide bonds. The summed E-state index contributed by atoms with van der Waals surface area (Å²) in [7, 11) is 0. The molecule has 0 radical (unpaired) electrons. The van der Waals surface area contributed by atoms with Crippen molar-refractivity contribution < 1.29 is 0 Å². The van der Waals surface area contributed by atoms with Crippen molar-refractivity contribution in [2.24, 2.45) is 0 Å². The van der Waals surface area contributed by atoms with Crippen LogP contribution < -0.4 is 11.1 Å². The smallest absolute Gasteiger partial charge is 0.222 e. The molecule has 0 bridgehead atoms. The summed E-state index contributed by atoms with van der Waals surface area (Å²) in [5.74, 6) is 0.702. The Morgan fingerprint density at radius 3 is 2.94 bits per heavy atom. The third-order valence-electron chi connectivity index (χ3n) is 1.93. The van der Waals surface area contributed by atoms with Crippen LogP contribution in [0.4, 0.5) is 11.8 Å². The number of nitrogens with two attached hydrogens (primary N) is 1. The van der Waals surface area contributed by atoms with Crippen molar-refractivity contribution in [3.8, 4) is 0 Å². The second kappa shape index (κ2) is 4.76. The van der Waals surface area contributed by atoms with Gasteiger partial charge in [-0.2, -0.15) is 4.98 Å². The lowest BCUT2D eigenvalue weighted by atomic mass is 10.3. The third kappa shape index (κ3) is 2.58. The first-order valence-corrected chi connectivity index (χ1v) is 5.05. The number of aromatic nitrogens is 3. The summed E-state index contributed by atoms with van der Waals surface area (Å²) in [6.07, 6.45) is 3.19. The average molecular weight is 236 g/mol. The van der Waals surface area contributed by atoms with E-state index in [1.54, 1.807) is 6.20 Å². The lowest BCUT2D eigenvalue weighted by Crippen LogP contribution is -2.05. The fourth-order valence-electron chi connectivity index (χ4n) is 1.18. The molecule has 82 valence electrons. The average Bonchev–Trinajstić information content (AvgIpc) is 2.32. The van der Waals surface area contributed by atoms with Crippen LogP contribution in [0, 0.1) is 0 Å². The summed E-state index contributed by atoms with van der Waals surface area (Å²) in [5.41, 5.74) is 6.36. The van der Waals surface area contributed by atoms with Gasteiger partial charge < -0.3 is 11.1 Å². The maximum absolute atomic E-state index is 5.90. The number of nitrogens with one attached hydrogen (secondary N) is 1. The topological polar surface area (TPSA) is 76.7 Å². The number of rotatable bonds is 3.